The zero-order chi connectivity index (χ0) is 16.3. The molecule has 1 aromatic heterocycles. The maximum Gasteiger partial charge on any atom is 0.243 e. The van der Waals surface area contributed by atoms with Crippen LogP contribution in [0, 0.1) is 0 Å². The molecule has 23 heavy (non-hydrogen) atoms. The van der Waals surface area contributed by atoms with Gasteiger partial charge in [-0.15, -0.1) is 0 Å². The molecule has 1 aliphatic heterocycles. The van der Waals surface area contributed by atoms with E-state index < -0.39 is 10.0 Å². The molecule has 1 aliphatic rings. The Morgan fingerprint density at radius 2 is 1.83 bits per heavy atom. The fraction of sp³-hybridized carbons (Fsp3) is 0.333. The van der Waals surface area contributed by atoms with E-state index in [9.17, 15) is 8.42 Å². The van der Waals surface area contributed by atoms with E-state index in [0.717, 1.165) is 4.47 Å². The topological polar surface area (TPSA) is 72.4 Å². The summed E-state index contributed by atoms with van der Waals surface area (Å²) in [7, 11) is -3.44. The number of hydrogen-bond acceptors (Lipinski definition) is 5. The number of ether oxygens (including phenoxy) is 1. The van der Waals surface area contributed by atoms with Crippen LogP contribution in [0.5, 0.6) is 5.88 Å². The highest BCUT2D eigenvalue weighted by Gasteiger charge is 2.30. The van der Waals surface area contributed by atoms with Gasteiger partial charge in [-0.05, 0) is 37.1 Å². The molecule has 3 rings (SSSR count). The summed E-state index contributed by atoms with van der Waals surface area (Å²) in [4.78, 5) is 8.18. The highest BCUT2D eigenvalue weighted by molar-refractivity contribution is 9.10. The normalized spacial score (nSPS) is 17.1. The summed E-state index contributed by atoms with van der Waals surface area (Å²) in [6, 6.07) is 8.40. The molecular weight excluding hydrogens is 382 g/mol. The lowest BCUT2D eigenvalue weighted by atomic mass is 10.1. The van der Waals surface area contributed by atoms with Gasteiger partial charge in [-0.2, -0.15) is 4.31 Å². The Kier molecular flexibility index (Phi) is 4.93. The van der Waals surface area contributed by atoms with Crippen LogP contribution < -0.4 is 4.74 Å². The van der Waals surface area contributed by atoms with Gasteiger partial charge in [0, 0.05) is 29.8 Å². The van der Waals surface area contributed by atoms with E-state index in [-0.39, 0.29) is 6.10 Å². The van der Waals surface area contributed by atoms with Crippen LogP contribution in [0.15, 0.2) is 52.2 Å². The van der Waals surface area contributed by atoms with Crippen LogP contribution in [-0.4, -0.2) is 41.9 Å². The van der Waals surface area contributed by atoms with Crippen molar-refractivity contribution < 1.29 is 13.2 Å². The van der Waals surface area contributed by atoms with Crippen molar-refractivity contribution in [1.29, 1.82) is 0 Å². The standard InChI is InChI=1S/C15H16BrN3O3S/c16-12-1-3-14(4-2-12)23(20,21)19-9-6-13(7-10-19)22-15-5-8-17-11-18-15/h1-5,8,11,13H,6-7,9-10H2. The summed E-state index contributed by atoms with van der Waals surface area (Å²) in [5.74, 6) is 0.522. The third-order valence-corrected chi connectivity index (χ3v) is 6.14. The lowest BCUT2D eigenvalue weighted by molar-refractivity contribution is 0.129. The predicted octanol–water partition coefficient (Wildman–Crippen LogP) is 2.47. The zero-order valence-electron chi connectivity index (χ0n) is 12.3. The van der Waals surface area contributed by atoms with Crippen molar-refractivity contribution in [1.82, 2.24) is 14.3 Å². The first-order valence-corrected chi connectivity index (χ1v) is 9.47. The van der Waals surface area contributed by atoms with Gasteiger partial charge in [0.05, 0.1) is 4.90 Å². The van der Waals surface area contributed by atoms with Gasteiger partial charge in [0.2, 0.25) is 15.9 Å². The molecule has 1 aromatic carbocycles. The Morgan fingerprint density at radius 3 is 2.43 bits per heavy atom. The van der Waals surface area contributed by atoms with Gasteiger partial charge >= 0.3 is 0 Å². The Morgan fingerprint density at radius 1 is 1.13 bits per heavy atom. The highest BCUT2D eigenvalue weighted by atomic mass is 79.9. The van der Waals surface area contributed by atoms with Crippen LogP contribution >= 0.6 is 15.9 Å². The van der Waals surface area contributed by atoms with E-state index in [2.05, 4.69) is 25.9 Å². The number of rotatable bonds is 4. The molecule has 0 aliphatic carbocycles. The van der Waals surface area contributed by atoms with Gasteiger partial charge in [0.1, 0.15) is 12.4 Å². The molecule has 0 bridgehead atoms. The van der Waals surface area contributed by atoms with Gasteiger partial charge in [-0.1, -0.05) is 15.9 Å². The number of halogens is 1. The van der Waals surface area contributed by atoms with Gasteiger partial charge in [-0.25, -0.2) is 18.4 Å². The smallest absolute Gasteiger partial charge is 0.243 e. The fourth-order valence-electron chi connectivity index (χ4n) is 2.46. The van der Waals surface area contributed by atoms with E-state index in [4.69, 9.17) is 4.74 Å². The van der Waals surface area contributed by atoms with Gasteiger partial charge in [0.15, 0.2) is 0 Å². The molecule has 0 spiro atoms. The molecule has 0 unspecified atom stereocenters. The van der Waals surface area contributed by atoms with Crippen molar-refractivity contribution in [3.63, 3.8) is 0 Å². The van der Waals surface area contributed by atoms with E-state index in [0.29, 0.717) is 36.7 Å². The molecular formula is C15H16BrN3O3S. The summed E-state index contributed by atoms with van der Waals surface area (Å²) in [6.45, 7) is 0.877. The number of sulfonamides is 1. The maximum absolute atomic E-state index is 12.6. The summed E-state index contributed by atoms with van der Waals surface area (Å²) in [5, 5.41) is 0. The summed E-state index contributed by atoms with van der Waals surface area (Å²) < 4.78 is 33.3. The molecule has 0 atom stereocenters. The second-order valence-corrected chi connectivity index (χ2v) is 8.08. The predicted molar refractivity (Wildman–Crippen MR) is 88.6 cm³/mol. The van der Waals surface area contributed by atoms with Crippen molar-refractivity contribution in [2.45, 2.75) is 23.8 Å². The first kappa shape index (κ1) is 16.4. The van der Waals surface area contributed by atoms with Crippen molar-refractivity contribution in [3.05, 3.63) is 47.3 Å². The van der Waals surface area contributed by atoms with E-state index >= 15 is 0 Å². The average Bonchev–Trinajstić information content (AvgIpc) is 2.57. The van der Waals surface area contributed by atoms with Crippen LogP contribution in [-0.2, 0) is 10.0 Å². The Hall–Kier alpha value is -1.51. The number of nitrogens with zero attached hydrogens (tertiary/aromatic N) is 3. The molecule has 2 heterocycles. The van der Waals surface area contributed by atoms with Crippen LogP contribution in [0.1, 0.15) is 12.8 Å². The number of hydrogen-bond donors (Lipinski definition) is 0. The molecule has 8 heteroatoms. The minimum Gasteiger partial charge on any atom is -0.474 e. The summed E-state index contributed by atoms with van der Waals surface area (Å²) in [6.07, 6.45) is 4.30. The van der Waals surface area contributed by atoms with Gasteiger partial charge < -0.3 is 4.74 Å². The van der Waals surface area contributed by atoms with E-state index in [1.165, 1.54) is 10.6 Å². The fourth-order valence-corrected chi connectivity index (χ4v) is 4.20. The Bertz CT molecular complexity index is 745. The third kappa shape index (κ3) is 3.88. The number of benzene rings is 1. The van der Waals surface area contributed by atoms with Crippen molar-refractivity contribution >= 4 is 26.0 Å². The largest absolute Gasteiger partial charge is 0.474 e. The van der Waals surface area contributed by atoms with E-state index in [1.807, 2.05) is 0 Å². The Labute approximate surface area is 143 Å². The molecule has 0 radical (unpaired) electrons. The molecule has 1 saturated heterocycles. The SMILES string of the molecule is O=S(=O)(c1ccc(Br)cc1)N1CCC(Oc2ccncn2)CC1. The van der Waals surface area contributed by atoms with Crippen LogP contribution in [0.2, 0.25) is 0 Å². The van der Waals surface area contributed by atoms with Crippen LogP contribution in [0.4, 0.5) is 0 Å². The summed E-state index contributed by atoms with van der Waals surface area (Å²) in [5.41, 5.74) is 0. The molecule has 122 valence electrons. The summed E-state index contributed by atoms with van der Waals surface area (Å²) >= 11 is 3.31. The van der Waals surface area contributed by atoms with Crippen molar-refractivity contribution in [2.24, 2.45) is 0 Å². The second-order valence-electron chi connectivity index (χ2n) is 5.22. The van der Waals surface area contributed by atoms with E-state index in [1.54, 1.807) is 36.5 Å². The minimum absolute atomic E-state index is 0.0266. The number of aromatic nitrogens is 2. The molecule has 6 nitrogen and oxygen atoms in total. The molecule has 0 N–H and O–H groups in total. The zero-order valence-corrected chi connectivity index (χ0v) is 14.7. The van der Waals surface area contributed by atoms with Crippen LogP contribution in [0.25, 0.3) is 0 Å². The second kappa shape index (κ2) is 6.94. The minimum atomic E-state index is -3.44. The molecule has 2 aromatic rings. The first-order chi connectivity index (χ1) is 11.1. The van der Waals surface area contributed by atoms with Gasteiger partial charge in [0.25, 0.3) is 0 Å². The lowest BCUT2D eigenvalue weighted by Gasteiger charge is -2.31. The lowest BCUT2D eigenvalue weighted by Crippen LogP contribution is -2.41. The molecule has 0 saturated carbocycles. The maximum atomic E-state index is 12.6. The van der Waals surface area contributed by atoms with Gasteiger partial charge in [-0.3, -0.25) is 0 Å². The number of piperidine rings is 1. The average molecular weight is 398 g/mol. The van der Waals surface area contributed by atoms with Crippen LogP contribution in [0.3, 0.4) is 0 Å². The quantitative estimate of drug-likeness (QED) is 0.791. The monoisotopic (exact) mass is 397 g/mol. The molecule has 0 amide bonds. The highest BCUT2D eigenvalue weighted by Crippen LogP contribution is 2.24. The Balaban J connectivity index is 1.63. The third-order valence-electron chi connectivity index (χ3n) is 3.69. The van der Waals surface area contributed by atoms with Crippen molar-refractivity contribution in [3.8, 4) is 5.88 Å². The molecule has 1 fully saturated rings. The first-order valence-electron chi connectivity index (χ1n) is 7.24. The van der Waals surface area contributed by atoms with Crippen molar-refractivity contribution in [2.75, 3.05) is 13.1 Å².